The molecule has 0 saturated heterocycles. The van der Waals surface area contributed by atoms with E-state index in [1.54, 1.807) is 22.0 Å². The number of amides is 1. The summed E-state index contributed by atoms with van der Waals surface area (Å²) in [5.74, 6) is 0.0995. The Kier molecular flexibility index (Phi) is 6.05. The molecule has 3 rings (SSSR count). The van der Waals surface area contributed by atoms with Crippen molar-refractivity contribution in [3.63, 3.8) is 0 Å². The summed E-state index contributed by atoms with van der Waals surface area (Å²) in [4.78, 5) is 30.8. The highest BCUT2D eigenvalue weighted by Gasteiger charge is 2.23. The van der Waals surface area contributed by atoms with Gasteiger partial charge in [-0.3, -0.25) is 4.79 Å². The Balaban J connectivity index is 1.87. The van der Waals surface area contributed by atoms with Crippen LogP contribution in [0.1, 0.15) is 21.6 Å². The van der Waals surface area contributed by atoms with Gasteiger partial charge in [-0.15, -0.1) is 0 Å². The lowest BCUT2D eigenvalue weighted by Gasteiger charge is -2.11. The van der Waals surface area contributed by atoms with E-state index in [-0.39, 0.29) is 17.2 Å². The molecule has 0 aliphatic heterocycles. The van der Waals surface area contributed by atoms with Crippen molar-refractivity contribution in [2.24, 2.45) is 0 Å². The molecule has 1 amide bonds. The highest BCUT2D eigenvalue weighted by Crippen LogP contribution is 2.26. The molecule has 0 aliphatic rings. The number of rotatable bonds is 6. The number of para-hydroxylation sites is 1. The van der Waals surface area contributed by atoms with Crippen LogP contribution in [0.25, 0.3) is 10.2 Å². The molecule has 2 aromatic heterocycles. The number of anilines is 1. The second-order valence-corrected chi connectivity index (χ2v) is 8.91. The number of fused-ring (bicyclic) bond motifs is 1. The van der Waals surface area contributed by atoms with Gasteiger partial charge in [-0.25, -0.2) is 9.78 Å². The van der Waals surface area contributed by atoms with Crippen molar-refractivity contribution in [1.82, 2.24) is 4.57 Å². The molecule has 1 aromatic carbocycles. The number of aromatic nitrogens is 2. The maximum absolute atomic E-state index is 13.0. The SMILES string of the molecule is C=CCn1c(SCC(=O)Nc2c(C)cccc2C)[nH+]c2sc(C)c(C)c2c1=O. The number of aryl methyl sites for hydroxylation is 4. The molecular weight excluding hydrogens is 390 g/mol. The normalized spacial score (nSPS) is 11.0. The number of hydrogen-bond acceptors (Lipinski definition) is 4. The molecular formula is C21H24N3O2S2+. The van der Waals surface area contributed by atoms with E-state index in [0.29, 0.717) is 17.1 Å². The van der Waals surface area contributed by atoms with Crippen molar-refractivity contribution in [3.05, 3.63) is 62.8 Å². The number of benzene rings is 1. The smallest absolute Gasteiger partial charge is 0.325 e. The number of carbonyl (C=O) groups is 1. The van der Waals surface area contributed by atoms with E-state index < -0.39 is 0 Å². The summed E-state index contributed by atoms with van der Waals surface area (Å²) in [6.45, 7) is 12.1. The number of thiophene rings is 1. The van der Waals surface area contributed by atoms with Gasteiger partial charge in [0.05, 0.1) is 5.75 Å². The Morgan fingerprint density at radius 3 is 2.61 bits per heavy atom. The van der Waals surface area contributed by atoms with E-state index in [4.69, 9.17) is 0 Å². The minimum atomic E-state index is -0.105. The molecule has 0 bridgehead atoms. The molecule has 3 aromatic rings. The average molecular weight is 415 g/mol. The van der Waals surface area contributed by atoms with Crippen LogP contribution in [0.5, 0.6) is 0 Å². The number of hydrogen-bond donors (Lipinski definition) is 1. The molecule has 2 heterocycles. The van der Waals surface area contributed by atoms with Crippen molar-refractivity contribution in [1.29, 1.82) is 0 Å². The van der Waals surface area contributed by atoms with Crippen LogP contribution in [0.2, 0.25) is 0 Å². The third-order valence-corrected chi connectivity index (χ3v) is 6.83. The first-order valence-corrected chi connectivity index (χ1v) is 10.8. The Morgan fingerprint density at radius 1 is 1.29 bits per heavy atom. The van der Waals surface area contributed by atoms with Gasteiger partial charge >= 0.3 is 10.7 Å². The second kappa shape index (κ2) is 8.32. The largest absolute Gasteiger partial charge is 0.347 e. The number of allylic oxidation sites excluding steroid dienone is 1. The fourth-order valence-electron chi connectivity index (χ4n) is 3.09. The first-order valence-electron chi connectivity index (χ1n) is 8.99. The minimum Gasteiger partial charge on any atom is -0.325 e. The molecule has 0 unspecified atom stereocenters. The Morgan fingerprint density at radius 2 is 1.96 bits per heavy atom. The highest BCUT2D eigenvalue weighted by atomic mass is 32.2. The second-order valence-electron chi connectivity index (χ2n) is 6.73. The monoisotopic (exact) mass is 414 g/mol. The van der Waals surface area contributed by atoms with E-state index in [9.17, 15) is 9.59 Å². The van der Waals surface area contributed by atoms with Gasteiger partial charge in [0.2, 0.25) is 5.91 Å². The summed E-state index contributed by atoms with van der Waals surface area (Å²) in [7, 11) is 0. The standard InChI is InChI=1S/C21H23N3O2S2/c1-6-10-24-20(26)17-14(4)15(5)28-19(17)23-21(24)27-11-16(25)22-18-12(2)8-7-9-13(18)3/h6-9H,1,10-11H2,2-5H3,(H,22,25)/p+1. The summed E-state index contributed by atoms with van der Waals surface area (Å²) >= 11 is 2.89. The lowest BCUT2D eigenvalue weighted by molar-refractivity contribution is -0.404. The molecule has 28 heavy (non-hydrogen) atoms. The van der Waals surface area contributed by atoms with Gasteiger partial charge in [0.1, 0.15) is 11.9 Å². The first kappa shape index (κ1) is 20.4. The van der Waals surface area contributed by atoms with Crippen molar-refractivity contribution in [3.8, 4) is 0 Å². The van der Waals surface area contributed by atoms with E-state index >= 15 is 0 Å². The van der Waals surface area contributed by atoms with E-state index in [0.717, 1.165) is 32.1 Å². The van der Waals surface area contributed by atoms with Crippen LogP contribution in [-0.4, -0.2) is 16.2 Å². The van der Waals surface area contributed by atoms with Gasteiger partial charge < -0.3 is 5.32 Å². The molecule has 5 nitrogen and oxygen atoms in total. The zero-order valence-electron chi connectivity index (χ0n) is 16.5. The maximum Gasteiger partial charge on any atom is 0.347 e. The van der Waals surface area contributed by atoms with Gasteiger partial charge in [-0.05, 0) is 56.1 Å². The van der Waals surface area contributed by atoms with Gasteiger partial charge in [0.15, 0.2) is 4.83 Å². The van der Waals surface area contributed by atoms with Crippen LogP contribution in [0.4, 0.5) is 5.69 Å². The van der Waals surface area contributed by atoms with Crippen LogP contribution in [0.3, 0.4) is 0 Å². The highest BCUT2D eigenvalue weighted by molar-refractivity contribution is 7.99. The summed E-state index contributed by atoms with van der Waals surface area (Å²) in [5, 5.41) is 4.37. The summed E-state index contributed by atoms with van der Waals surface area (Å²) in [5.41, 5.74) is 3.86. The van der Waals surface area contributed by atoms with Crippen LogP contribution in [0.15, 0.2) is 40.8 Å². The molecule has 0 spiro atoms. The molecule has 0 aliphatic carbocycles. The molecule has 0 atom stereocenters. The molecule has 2 N–H and O–H groups in total. The first-order chi connectivity index (χ1) is 13.3. The van der Waals surface area contributed by atoms with Gasteiger partial charge in [0, 0.05) is 10.6 Å². The van der Waals surface area contributed by atoms with Crippen molar-refractivity contribution < 1.29 is 9.78 Å². The Hall–Kier alpha value is -2.38. The van der Waals surface area contributed by atoms with Crippen molar-refractivity contribution >= 4 is 44.9 Å². The number of nitrogens with one attached hydrogen (secondary N) is 2. The Bertz CT molecular complexity index is 1110. The summed E-state index contributed by atoms with van der Waals surface area (Å²) < 4.78 is 1.64. The summed E-state index contributed by atoms with van der Waals surface area (Å²) in [6.07, 6.45) is 1.69. The Labute approximate surface area is 172 Å². The maximum atomic E-state index is 13.0. The molecule has 7 heteroatoms. The number of aromatic amines is 1. The predicted octanol–water partition coefficient (Wildman–Crippen LogP) is 4.03. The van der Waals surface area contributed by atoms with E-state index in [1.807, 2.05) is 45.9 Å². The van der Waals surface area contributed by atoms with Crippen LogP contribution >= 0.6 is 23.1 Å². The third kappa shape index (κ3) is 3.91. The number of nitrogens with zero attached hydrogens (tertiary/aromatic N) is 1. The fraction of sp³-hybridized carbons (Fsp3) is 0.286. The van der Waals surface area contributed by atoms with Gasteiger partial charge in [0.25, 0.3) is 0 Å². The predicted molar refractivity (Wildman–Crippen MR) is 118 cm³/mol. The van der Waals surface area contributed by atoms with Crippen molar-refractivity contribution in [2.75, 3.05) is 11.1 Å². The van der Waals surface area contributed by atoms with Crippen molar-refractivity contribution in [2.45, 2.75) is 39.4 Å². The third-order valence-electron chi connectivity index (χ3n) is 4.71. The number of H-pyrrole nitrogens is 1. The van der Waals surface area contributed by atoms with Crippen LogP contribution < -0.4 is 15.9 Å². The lowest BCUT2D eigenvalue weighted by atomic mass is 10.1. The van der Waals surface area contributed by atoms with Crippen LogP contribution in [0, 0.1) is 27.7 Å². The van der Waals surface area contributed by atoms with Gasteiger partial charge in [-0.1, -0.05) is 42.2 Å². The average Bonchev–Trinajstić information content (AvgIpc) is 2.93. The fourth-order valence-corrected chi connectivity index (χ4v) is 5.04. The van der Waals surface area contributed by atoms with Gasteiger partial charge in [-0.2, -0.15) is 4.57 Å². The van der Waals surface area contributed by atoms with E-state index in [2.05, 4.69) is 16.9 Å². The zero-order valence-corrected chi connectivity index (χ0v) is 18.1. The van der Waals surface area contributed by atoms with E-state index in [1.165, 1.54) is 11.8 Å². The number of thioether (sulfide) groups is 1. The van der Waals surface area contributed by atoms with Crippen LogP contribution in [-0.2, 0) is 11.3 Å². The summed E-state index contributed by atoms with van der Waals surface area (Å²) in [6, 6.07) is 5.92. The zero-order chi connectivity index (χ0) is 20.4. The lowest BCUT2D eigenvalue weighted by Crippen LogP contribution is -2.30. The molecule has 0 radical (unpaired) electrons. The molecule has 146 valence electrons. The topological polar surface area (TPSA) is 65.2 Å². The number of carbonyl (C=O) groups excluding carboxylic acids is 1. The molecule has 0 saturated carbocycles. The molecule has 0 fully saturated rings. The minimum absolute atomic E-state index is 0.0480. The quantitative estimate of drug-likeness (QED) is 0.376.